The maximum atomic E-state index is 13.1. The van der Waals surface area contributed by atoms with Crippen LogP contribution < -0.4 is 11.2 Å². The van der Waals surface area contributed by atoms with Crippen LogP contribution in [0.3, 0.4) is 0 Å². The molecule has 2 rings (SSSR count). The van der Waals surface area contributed by atoms with Gasteiger partial charge in [0.25, 0.3) is 5.56 Å². The second kappa shape index (κ2) is 8.85. The Balaban J connectivity index is 2.51. The molecular formula is C21H21F3N2O6. The molecule has 2 aromatic rings. The van der Waals surface area contributed by atoms with E-state index < -0.39 is 40.7 Å². The van der Waals surface area contributed by atoms with Crippen LogP contribution in [0.5, 0.6) is 0 Å². The SMILES string of the molecule is C=CCOC(=O)C(C)(C)OC(=O)c1cc(-n2c(=O)cc(C(F)(F)F)n(C)c2=O)ccc1C. The minimum absolute atomic E-state index is 0.0888. The van der Waals surface area contributed by atoms with E-state index >= 15 is 0 Å². The number of ether oxygens (including phenoxy) is 2. The number of alkyl halides is 3. The number of hydrogen-bond donors (Lipinski definition) is 0. The molecular weight excluding hydrogens is 433 g/mol. The lowest BCUT2D eigenvalue weighted by Crippen LogP contribution is -2.41. The first kappa shape index (κ1) is 24.6. The van der Waals surface area contributed by atoms with Crippen molar-refractivity contribution in [2.45, 2.75) is 32.5 Å². The van der Waals surface area contributed by atoms with Gasteiger partial charge in [0.2, 0.25) is 5.60 Å². The lowest BCUT2D eigenvalue weighted by molar-refractivity contribution is -0.161. The zero-order chi connectivity index (χ0) is 24.4. The molecule has 0 bridgehead atoms. The van der Waals surface area contributed by atoms with E-state index in [0.29, 0.717) is 10.1 Å². The number of carbonyl (C=O) groups is 2. The molecule has 0 radical (unpaired) electrons. The van der Waals surface area contributed by atoms with Crippen molar-refractivity contribution in [3.8, 4) is 5.69 Å². The average Bonchev–Trinajstić information content (AvgIpc) is 2.68. The van der Waals surface area contributed by atoms with Crippen LogP contribution in [0.2, 0.25) is 0 Å². The molecule has 0 amide bonds. The van der Waals surface area contributed by atoms with E-state index in [1.54, 1.807) is 0 Å². The predicted molar refractivity (Wildman–Crippen MR) is 108 cm³/mol. The third-order valence-electron chi connectivity index (χ3n) is 4.48. The van der Waals surface area contributed by atoms with E-state index in [4.69, 9.17) is 9.47 Å². The fourth-order valence-electron chi connectivity index (χ4n) is 2.74. The highest BCUT2D eigenvalue weighted by molar-refractivity contribution is 5.94. The molecule has 0 aliphatic heterocycles. The van der Waals surface area contributed by atoms with Gasteiger partial charge in [-0.05, 0) is 38.5 Å². The van der Waals surface area contributed by atoms with Gasteiger partial charge in [0.05, 0.1) is 11.3 Å². The number of hydrogen-bond acceptors (Lipinski definition) is 6. The monoisotopic (exact) mass is 454 g/mol. The number of esters is 2. The summed E-state index contributed by atoms with van der Waals surface area (Å²) in [5.41, 5.74) is -5.40. The van der Waals surface area contributed by atoms with Gasteiger partial charge < -0.3 is 9.47 Å². The number of nitrogens with zero attached hydrogens (tertiary/aromatic N) is 2. The first-order chi connectivity index (χ1) is 14.7. The third-order valence-corrected chi connectivity index (χ3v) is 4.48. The Labute approximate surface area is 180 Å². The van der Waals surface area contributed by atoms with Crippen molar-refractivity contribution in [1.82, 2.24) is 9.13 Å². The number of carbonyl (C=O) groups excluding carboxylic acids is 2. The molecule has 0 saturated carbocycles. The molecule has 172 valence electrons. The molecule has 0 fully saturated rings. The van der Waals surface area contributed by atoms with Gasteiger partial charge in [0, 0.05) is 13.1 Å². The number of rotatable bonds is 6. The molecule has 0 N–H and O–H groups in total. The van der Waals surface area contributed by atoms with Gasteiger partial charge in [-0.3, -0.25) is 9.36 Å². The molecule has 1 aromatic heterocycles. The fourth-order valence-corrected chi connectivity index (χ4v) is 2.74. The molecule has 0 saturated heterocycles. The van der Waals surface area contributed by atoms with Crippen LogP contribution >= 0.6 is 0 Å². The summed E-state index contributed by atoms with van der Waals surface area (Å²) in [4.78, 5) is 49.6. The first-order valence-electron chi connectivity index (χ1n) is 9.23. The Hall–Kier alpha value is -3.63. The van der Waals surface area contributed by atoms with Crippen LogP contribution in [0.25, 0.3) is 5.69 Å². The summed E-state index contributed by atoms with van der Waals surface area (Å²) in [5.74, 6) is -1.78. The number of halogens is 3. The maximum Gasteiger partial charge on any atom is 0.431 e. The van der Waals surface area contributed by atoms with Crippen molar-refractivity contribution >= 4 is 11.9 Å². The van der Waals surface area contributed by atoms with Crippen LogP contribution in [-0.4, -0.2) is 33.3 Å². The first-order valence-corrected chi connectivity index (χ1v) is 9.23. The highest BCUT2D eigenvalue weighted by Crippen LogP contribution is 2.27. The van der Waals surface area contributed by atoms with Gasteiger partial charge in [0.15, 0.2) is 0 Å². The highest BCUT2D eigenvalue weighted by atomic mass is 19.4. The molecule has 1 aromatic carbocycles. The van der Waals surface area contributed by atoms with Gasteiger partial charge in [-0.25, -0.2) is 19.0 Å². The van der Waals surface area contributed by atoms with Gasteiger partial charge in [-0.1, -0.05) is 18.7 Å². The highest BCUT2D eigenvalue weighted by Gasteiger charge is 2.36. The lowest BCUT2D eigenvalue weighted by Gasteiger charge is -2.23. The summed E-state index contributed by atoms with van der Waals surface area (Å²) in [6, 6.07) is 4.10. The zero-order valence-corrected chi connectivity index (χ0v) is 17.8. The Morgan fingerprint density at radius 1 is 1.16 bits per heavy atom. The van der Waals surface area contributed by atoms with Crippen molar-refractivity contribution in [1.29, 1.82) is 0 Å². The van der Waals surface area contributed by atoms with E-state index in [0.717, 1.165) is 13.1 Å². The van der Waals surface area contributed by atoms with Crippen molar-refractivity contribution < 1.29 is 32.2 Å². The topological polar surface area (TPSA) is 96.6 Å². The van der Waals surface area contributed by atoms with Crippen LogP contribution in [0.4, 0.5) is 13.2 Å². The van der Waals surface area contributed by atoms with Gasteiger partial charge in [-0.2, -0.15) is 13.2 Å². The molecule has 0 aliphatic carbocycles. The summed E-state index contributed by atoms with van der Waals surface area (Å²) in [6.45, 7) is 7.48. The van der Waals surface area contributed by atoms with Gasteiger partial charge >= 0.3 is 23.8 Å². The van der Waals surface area contributed by atoms with Crippen LogP contribution in [0.15, 0.2) is 46.5 Å². The summed E-state index contributed by atoms with van der Waals surface area (Å²) in [7, 11) is 0.877. The molecule has 11 heteroatoms. The lowest BCUT2D eigenvalue weighted by atomic mass is 10.1. The second-order valence-electron chi connectivity index (χ2n) is 7.33. The average molecular weight is 454 g/mol. The number of aromatic nitrogens is 2. The Bertz CT molecular complexity index is 1190. The summed E-state index contributed by atoms with van der Waals surface area (Å²) in [5, 5.41) is 0. The Kier molecular flexibility index (Phi) is 6.82. The van der Waals surface area contributed by atoms with Gasteiger partial charge in [0.1, 0.15) is 12.3 Å². The van der Waals surface area contributed by atoms with E-state index in [2.05, 4.69) is 6.58 Å². The van der Waals surface area contributed by atoms with E-state index in [-0.39, 0.29) is 28.5 Å². The summed E-state index contributed by atoms with van der Waals surface area (Å²) >= 11 is 0. The molecule has 0 spiro atoms. The summed E-state index contributed by atoms with van der Waals surface area (Å²) < 4.78 is 50.1. The molecule has 1 heterocycles. The van der Waals surface area contributed by atoms with Crippen molar-refractivity contribution in [3.05, 3.63) is 74.6 Å². The zero-order valence-electron chi connectivity index (χ0n) is 17.8. The molecule has 32 heavy (non-hydrogen) atoms. The number of benzene rings is 1. The normalized spacial score (nSPS) is 11.7. The second-order valence-corrected chi connectivity index (χ2v) is 7.33. The Morgan fingerprint density at radius 2 is 1.78 bits per heavy atom. The predicted octanol–water partition coefficient (Wildman–Crippen LogP) is 2.53. The standard InChI is InChI=1S/C21H21F3N2O6/c1-6-9-31-18(29)20(3,4)32-17(28)14-10-13(8-7-12(14)2)26-16(27)11-15(21(22,23)24)25(5)19(26)30/h6-8,10-11H,1,9H2,2-5H3. The third kappa shape index (κ3) is 4.98. The molecule has 8 nitrogen and oxygen atoms in total. The minimum Gasteiger partial charge on any atom is -0.459 e. The molecule has 0 aliphatic rings. The molecule has 0 atom stereocenters. The van der Waals surface area contributed by atoms with Crippen LogP contribution in [-0.2, 0) is 27.5 Å². The fraction of sp³-hybridized carbons (Fsp3) is 0.333. The Morgan fingerprint density at radius 3 is 2.34 bits per heavy atom. The largest absolute Gasteiger partial charge is 0.459 e. The van der Waals surface area contributed by atoms with Crippen LogP contribution in [0, 0.1) is 6.92 Å². The van der Waals surface area contributed by atoms with Gasteiger partial charge in [-0.15, -0.1) is 0 Å². The van der Waals surface area contributed by atoms with E-state index in [1.165, 1.54) is 39.0 Å². The van der Waals surface area contributed by atoms with E-state index in [9.17, 15) is 32.3 Å². The number of aryl methyl sites for hydroxylation is 1. The van der Waals surface area contributed by atoms with Crippen molar-refractivity contribution in [3.63, 3.8) is 0 Å². The quantitative estimate of drug-likeness (QED) is 0.492. The van der Waals surface area contributed by atoms with Crippen LogP contribution in [0.1, 0.15) is 35.5 Å². The van der Waals surface area contributed by atoms with E-state index in [1.807, 2.05) is 0 Å². The van der Waals surface area contributed by atoms with Crippen molar-refractivity contribution in [2.24, 2.45) is 7.05 Å². The summed E-state index contributed by atoms with van der Waals surface area (Å²) in [6.07, 6.45) is -3.56. The van der Waals surface area contributed by atoms with Crippen molar-refractivity contribution in [2.75, 3.05) is 6.61 Å². The molecule has 0 unspecified atom stereocenters. The maximum absolute atomic E-state index is 13.1. The smallest absolute Gasteiger partial charge is 0.431 e. The minimum atomic E-state index is -4.90.